The van der Waals surface area contributed by atoms with Gasteiger partial charge < -0.3 is 0 Å². The van der Waals surface area contributed by atoms with Gasteiger partial charge in [-0.1, -0.05) is 25.4 Å². The van der Waals surface area contributed by atoms with Crippen LogP contribution < -0.4 is 0 Å². The molecule has 1 saturated heterocycles. The number of hydrogen-bond acceptors (Lipinski definition) is 3. The smallest absolute Gasteiger partial charge is 0.246 e. The molecule has 0 saturated carbocycles. The van der Waals surface area contributed by atoms with Gasteiger partial charge in [-0.05, 0) is 37.2 Å². The molecule has 1 aromatic heterocycles. The molecule has 20 heavy (non-hydrogen) atoms. The van der Waals surface area contributed by atoms with E-state index in [0.717, 1.165) is 19.3 Å². The van der Waals surface area contributed by atoms with E-state index in [0.29, 0.717) is 24.9 Å². The van der Waals surface area contributed by atoms with Gasteiger partial charge in [0.15, 0.2) is 0 Å². The summed E-state index contributed by atoms with van der Waals surface area (Å²) < 4.78 is 26.8. The largest absolute Gasteiger partial charge is 0.263 e. The second-order valence-corrected chi connectivity index (χ2v) is 7.96. The van der Waals surface area contributed by atoms with E-state index in [2.05, 4.69) is 18.8 Å². The van der Waals surface area contributed by atoms with Crippen LogP contribution in [-0.4, -0.2) is 30.8 Å². The van der Waals surface area contributed by atoms with Gasteiger partial charge in [-0.3, -0.25) is 4.98 Å². The number of aromatic nitrogens is 1. The maximum atomic E-state index is 12.6. The van der Waals surface area contributed by atoms with E-state index in [1.165, 1.54) is 18.5 Å². The molecule has 0 bridgehead atoms. The van der Waals surface area contributed by atoms with Gasteiger partial charge in [0.1, 0.15) is 4.90 Å². The first-order chi connectivity index (χ1) is 9.43. The molecule has 4 nitrogen and oxygen atoms in total. The van der Waals surface area contributed by atoms with E-state index >= 15 is 0 Å². The zero-order valence-corrected chi connectivity index (χ0v) is 13.5. The maximum absolute atomic E-state index is 12.6. The summed E-state index contributed by atoms with van der Waals surface area (Å²) in [6.45, 7) is 5.53. The van der Waals surface area contributed by atoms with E-state index < -0.39 is 10.0 Å². The second-order valence-electron chi connectivity index (χ2n) is 5.65. The number of pyridine rings is 1. The number of halogens is 1. The van der Waals surface area contributed by atoms with Crippen LogP contribution in [0.3, 0.4) is 0 Å². The molecule has 0 aromatic carbocycles. The number of sulfonamides is 1. The monoisotopic (exact) mass is 316 g/mol. The fourth-order valence-corrected chi connectivity index (χ4v) is 4.59. The summed E-state index contributed by atoms with van der Waals surface area (Å²) in [6.07, 6.45) is 5.74. The molecule has 1 aromatic rings. The molecule has 0 N–H and O–H groups in total. The lowest BCUT2D eigenvalue weighted by molar-refractivity contribution is 0.340. The van der Waals surface area contributed by atoms with Crippen molar-refractivity contribution < 1.29 is 8.42 Å². The summed E-state index contributed by atoms with van der Waals surface area (Å²) in [5.74, 6) is 1.19. The van der Waals surface area contributed by atoms with Crippen LogP contribution in [0.15, 0.2) is 23.4 Å². The molecule has 2 rings (SSSR count). The highest BCUT2D eigenvalue weighted by atomic mass is 35.5. The Kier molecular flexibility index (Phi) is 5.04. The zero-order chi connectivity index (χ0) is 14.8. The third-order valence-corrected chi connectivity index (χ3v) is 6.39. The number of nitrogens with zero attached hydrogens (tertiary/aromatic N) is 2. The summed E-state index contributed by atoms with van der Waals surface area (Å²) >= 11 is 6.00. The topological polar surface area (TPSA) is 50.3 Å². The van der Waals surface area contributed by atoms with E-state index in [4.69, 9.17) is 11.6 Å². The Bertz CT molecular complexity index is 560. The minimum atomic E-state index is -3.53. The van der Waals surface area contributed by atoms with Gasteiger partial charge in [0.2, 0.25) is 10.0 Å². The minimum absolute atomic E-state index is 0.115. The van der Waals surface area contributed by atoms with Crippen molar-refractivity contribution in [1.82, 2.24) is 9.29 Å². The van der Waals surface area contributed by atoms with Crippen molar-refractivity contribution in [3.63, 3.8) is 0 Å². The molecule has 112 valence electrons. The average Bonchev–Trinajstić information content (AvgIpc) is 2.65. The normalized spacial score (nSPS) is 21.9. The molecule has 1 aliphatic heterocycles. The predicted molar refractivity (Wildman–Crippen MR) is 80.2 cm³/mol. The van der Waals surface area contributed by atoms with Crippen molar-refractivity contribution in [2.45, 2.75) is 38.0 Å². The van der Waals surface area contributed by atoms with Crippen LogP contribution in [0.5, 0.6) is 0 Å². The SMILES string of the molecule is CC(C)C1CCCN(S(=O)(=O)c2cnccc2Cl)CC1. The van der Waals surface area contributed by atoms with E-state index in [1.807, 2.05) is 0 Å². The second kappa shape index (κ2) is 6.41. The molecule has 0 spiro atoms. The highest BCUT2D eigenvalue weighted by molar-refractivity contribution is 7.89. The van der Waals surface area contributed by atoms with Crippen LogP contribution in [0.4, 0.5) is 0 Å². The van der Waals surface area contributed by atoms with Gasteiger partial charge in [0.25, 0.3) is 0 Å². The Balaban J connectivity index is 2.21. The predicted octanol–water partition coefficient (Wildman–Crippen LogP) is 3.18. The van der Waals surface area contributed by atoms with Gasteiger partial charge in [-0.2, -0.15) is 4.31 Å². The Labute approximate surface area is 126 Å². The highest BCUT2D eigenvalue weighted by Gasteiger charge is 2.29. The first-order valence-electron chi connectivity index (χ1n) is 7.02. The Morgan fingerprint density at radius 2 is 2.10 bits per heavy atom. The maximum Gasteiger partial charge on any atom is 0.246 e. The van der Waals surface area contributed by atoms with Crippen molar-refractivity contribution in [3.8, 4) is 0 Å². The van der Waals surface area contributed by atoms with Gasteiger partial charge in [0, 0.05) is 25.5 Å². The molecule has 1 unspecified atom stereocenters. The van der Waals surface area contributed by atoms with Crippen LogP contribution in [0, 0.1) is 11.8 Å². The zero-order valence-electron chi connectivity index (χ0n) is 11.9. The molecular weight excluding hydrogens is 296 g/mol. The fourth-order valence-electron chi connectivity index (χ4n) is 2.69. The molecule has 1 fully saturated rings. The standard InChI is InChI=1S/C14H21ClN2O2S/c1-11(2)12-4-3-8-17(9-6-12)20(18,19)14-10-16-7-5-13(14)15/h5,7,10-12H,3-4,6,8-9H2,1-2H3. The lowest BCUT2D eigenvalue weighted by Crippen LogP contribution is -2.32. The van der Waals surface area contributed by atoms with Crippen LogP contribution in [-0.2, 0) is 10.0 Å². The Morgan fingerprint density at radius 1 is 1.35 bits per heavy atom. The van der Waals surface area contributed by atoms with Crippen LogP contribution >= 0.6 is 11.6 Å². The van der Waals surface area contributed by atoms with Gasteiger partial charge in [-0.25, -0.2) is 8.42 Å². The van der Waals surface area contributed by atoms with Crippen molar-refractivity contribution in [1.29, 1.82) is 0 Å². The van der Waals surface area contributed by atoms with Crippen molar-refractivity contribution in [2.75, 3.05) is 13.1 Å². The molecule has 6 heteroatoms. The quantitative estimate of drug-likeness (QED) is 0.860. The van der Waals surface area contributed by atoms with Crippen molar-refractivity contribution in [3.05, 3.63) is 23.5 Å². The molecule has 1 atom stereocenters. The van der Waals surface area contributed by atoms with Gasteiger partial charge >= 0.3 is 0 Å². The van der Waals surface area contributed by atoms with E-state index in [9.17, 15) is 8.42 Å². The first-order valence-corrected chi connectivity index (χ1v) is 8.84. The lowest BCUT2D eigenvalue weighted by atomic mass is 9.89. The van der Waals surface area contributed by atoms with Crippen LogP contribution in [0.2, 0.25) is 5.02 Å². The molecule has 2 heterocycles. The van der Waals surface area contributed by atoms with Crippen molar-refractivity contribution >= 4 is 21.6 Å². The number of hydrogen-bond donors (Lipinski definition) is 0. The van der Waals surface area contributed by atoms with E-state index in [-0.39, 0.29) is 9.92 Å². The fraction of sp³-hybridized carbons (Fsp3) is 0.643. The summed E-state index contributed by atoms with van der Waals surface area (Å²) in [4.78, 5) is 4.00. The number of rotatable bonds is 3. The molecule has 0 aliphatic carbocycles. The molecule has 0 radical (unpaired) electrons. The first kappa shape index (κ1) is 15.7. The Morgan fingerprint density at radius 3 is 2.75 bits per heavy atom. The van der Waals surface area contributed by atoms with Gasteiger partial charge in [0.05, 0.1) is 5.02 Å². The minimum Gasteiger partial charge on any atom is -0.263 e. The van der Waals surface area contributed by atoms with E-state index in [1.54, 1.807) is 4.31 Å². The summed E-state index contributed by atoms with van der Waals surface area (Å²) in [5.41, 5.74) is 0. The Hall–Kier alpha value is -0.650. The molecule has 0 amide bonds. The van der Waals surface area contributed by atoms with Crippen molar-refractivity contribution in [2.24, 2.45) is 11.8 Å². The lowest BCUT2D eigenvalue weighted by Gasteiger charge is -2.21. The third-order valence-electron chi connectivity index (χ3n) is 4.03. The van der Waals surface area contributed by atoms with Gasteiger partial charge in [-0.15, -0.1) is 0 Å². The van der Waals surface area contributed by atoms with Crippen LogP contribution in [0.25, 0.3) is 0 Å². The molecular formula is C14H21ClN2O2S. The average molecular weight is 317 g/mol. The third kappa shape index (κ3) is 3.32. The summed E-state index contributed by atoms with van der Waals surface area (Å²) in [5, 5.41) is 0.240. The molecule has 1 aliphatic rings. The summed E-state index contributed by atoms with van der Waals surface area (Å²) in [6, 6.07) is 1.52. The van der Waals surface area contributed by atoms with Crippen LogP contribution in [0.1, 0.15) is 33.1 Å². The highest BCUT2D eigenvalue weighted by Crippen LogP contribution is 2.29. The summed E-state index contributed by atoms with van der Waals surface area (Å²) in [7, 11) is -3.53.